The minimum Gasteiger partial charge on any atom is -0.467 e. The van der Waals surface area contributed by atoms with Gasteiger partial charge in [0.2, 0.25) is 0 Å². The molecule has 0 unspecified atom stereocenters. The standard InChI is InChI=1S/C27H31N3O7/c1-17-21(34-15-19-11-7-5-8-12-19)22(35-16-20-13-9-6-10-14-20)23(37-18(2)31)24(36-17)25-28-26(32-3)30-27(29-25)33-4/h5-14,17,21-24H,15-16H2,1-4H3/t17-,21-,22+,23+,24+/m0/s1. The Morgan fingerprint density at radius 2 is 1.30 bits per heavy atom. The molecule has 10 heteroatoms. The fourth-order valence-electron chi connectivity index (χ4n) is 4.16. The summed E-state index contributed by atoms with van der Waals surface area (Å²) in [5.74, 6) is -0.312. The SMILES string of the molecule is COc1nc(OC)nc([C@@H]2O[C@@H](C)[C@H](OCc3ccccc3)[C@@H](OCc3ccccc3)[C@H]2OC(C)=O)n1. The Balaban J connectivity index is 1.68. The van der Waals surface area contributed by atoms with E-state index in [-0.39, 0.29) is 24.5 Å². The molecule has 0 radical (unpaired) electrons. The lowest BCUT2D eigenvalue weighted by Crippen LogP contribution is -2.57. The Morgan fingerprint density at radius 3 is 1.78 bits per heavy atom. The maximum absolute atomic E-state index is 12.2. The number of hydrogen-bond donors (Lipinski definition) is 0. The molecule has 1 saturated heterocycles. The molecule has 0 spiro atoms. The van der Waals surface area contributed by atoms with Crippen molar-refractivity contribution in [3.63, 3.8) is 0 Å². The number of carbonyl (C=O) groups excluding carboxylic acids is 1. The molecule has 0 bridgehead atoms. The van der Waals surface area contributed by atoms with Gasteiger partial charge in [-0.3, -0.25) is 4.79 Å². The van der Waals surface area contributed by atoms with Crippen molar-refractivity contribution in [2.45, 2.75) is 57.6 Å². The van der Waals surface area contributed by atoms with Gasteiger partial charge in [-0.25, -0.2) is 0 Å². The highest BCUT2D eigenvalue weighted by atomic mass is 16.6. The lowest BCUT2D eigenvalue weighted by Gasteiger charge is -2.44. The molecule has 3 aromatic rings. The number of hydrogen-bond acceptors (Lipinski definition) is 10. The fourth-order valence-corrected chi connectivity index (χ4v) is 4.16. The minimum absolute atomic E-state index is 0.0453. The highest BCUT2D eigenvalue weighted by Gasteiger charge is 2.50. The number of benzene rings is 2. The highest BCUT2D eigenvalue weighted by Crippen LogP contribution is 2.37. The van der Waals surface area contributed by atoms with Gasteiger partial charge in [-0.1, -0.05) is 60.7 Å². The van der Waals surface area contributed by atoms with Crippen LogP contribution in [0.15, 0.2) is 60.7 Å². The zero-order valence-corrected chi connectivity index (χ0v) is 21.3. The fraction of sp³-hybridized carbons (Fsp3) is 0.407. The summed E-state index contributed by atoms with van der Waals surface area (Å²) in [5, 5.41) is 0. The number of nitrogens with zero attached hydrogens (tertiary/aromatic N) is 3. The van der Waals surface area contributed by atoms with Crippen molar-refractivity contribution in [3.05, 3.63) is 77.6 Å². The summed E-state index contributed by atoms with van der Waals surface area (Å²) < 4.78 is 35.3. The first kappa shape index (κ1) is 26.5. The third-order valence-corrected chi connectivity index (χ3v) is 5.87. The summed E-state index contributed by atoms with van der Waals surface area (Å²) in [6.45, 7) is 3.81. The van der Waals surface area contributed by atoms with Crippen molar-refractivity contribution in [2.75, 3.05) is 14.2 Å². The lowest BCUT2D eigenvalue weighted by atomic mass is 9.94. The summed E-state index contributed by atoms with van der Waals surface area (Å²) in [5.41, 5.74) is 1.96. The van der Waals surface area contributed by atoms with Gasteiger partial charge in [-0.2, -0.15) is 9.97 Å². The smallest absolute Gasteiger partial charge is 0.322 e. The molecule has 10 nitrogen and oxygen atoms in total. The summed E-state index contributed by atoms with van der Waals surface area (Å²) in [6, 6.07) is 19.6. The molecular formula is C27H31N3O7. The van der Waals surface area contributed by atoms with Crippen LogP contribution >= 0.6 is 0 Å². The van der Waals surface area contributed by atoms with E-state index in [0.717, 1.165) is 11.1 Å². The molecule has 1 fully saturated rings. The third kappa shape index (κ3) is 6.79. The van der Waals surface area contributed by atoms with E-state index in [1.165, 1.54) is 21.1 Å². The maximum atomic E-state index is 12.2. The molecule has 4 rings (SSSR count). The quantitative estimate of drug-likeness (QED) is 0.377. The van der Waals surface area contributed by atoms with Gasteiger partial charge in [-0.05, 0) is 18.1 Å². The predicted molar refractivity (Wildman–Crippen MR) is 132 cm³/mol. The Labute approximate surface area is 215 Å². The number of aromatic nitrogens is 3. The van der Waals surface area contributed by atoms with Crippen LogP contribution in [0, 0.1) is 0 Å². The van der Waals surface area contributed by atoms with E-state index in [1.807, 2.05) is 67.6 Å². The minimum atomic E-state index is -0.921. The van der Waals surface area contributed by atoms with Gasteiger partial charge >= 0.3 is 18.0 Å². The van der Waals surface area contributed by atoms with Gasteiger partial charge in [0.05, 0.1) is 33.5 Å². The van der Waals surface area contributed by atoms with Gasteiger partial charge in [0.15, 0.2) is 18.0 Å². The van der Waals surface area contributed by atoms with Crippen LogP contribution in [0.25, 0.3) is 0 Å². The zero-order valence-electron chi connectivity index (χ0n) is 21.3. The van der Waals surface area contributed by atoms with Gasteiger partial charge in [0, 0.05) is 6.92 Å². The molecule has 2 aromatic carbocycles. The van der Waals surface area contributed by atoms with Crippen LogP contribution < -0.4 is 9.47 Å². The van der Waals surface area contributed by atoms with Crippen LogP contribution in [-0.2, 0) is 37.0 Å². The molecule has 0 N–H and O–H groups in total. The molecule has 1 aliphatic rings. The molecule has 196 valence electrons. The number of esters is 1. The molecule has 0 saturated carbocycles. The van der Waals surface area contributed by atoms with E-state index in [4.69, 9.17) is 28.4 Å². The van der Waals surface area contributed by atoms with Crippen molar-refractivity contribution in [2.24, 2.45) is 0 Å². The predicted octanol–water partition coefficient (Wildman–Crippen LogP) is 3.45. The Morgan fingerprint density at radius 1 is 0.784 bits per heavy atom. The Bertz CT molecular complexity index is 1130. The van der Waals surface area contributed by atoms with E-state index in [0.29, 0.717) is 6.61 Å². The van der Waals surface area contributed by atoms with Crippen molar-refractivity contribution >= 4 is 5.97 Å². The molecule has 2 heterocycles. The average molecular weight is 510 g/mol. The van der Waals surface area contributed by atoms with E-state index < -0.39 is 36.5 Å². The molecule has 0 amide bonds. The number of ether oxygens (including phenoxy) is 6. The van der Waals surface area contributed by atoms with E-state index in [9.17, 15) is 4.79 Å². The van der Waals surface area contributed by atoms with Crippen LogP contribution in [0.2, 0.25) is 0 Å². The first-order valence-corrected chi connectivity index (χ1v) is 12.0. The first-order valence-electron chi connectivity index (χ1n) is 12.0. The van der Waals surface area contributed by atoms with E-state index in [1.54, 1.807) is 0 Å². The summed E-state index contributed by atoms with van der Waals surface area (Å²) in [7, 11) is 2.87. The van der Waals surface area contributed by atoms with Crippen molar-refractivity contribution < 1.29 is 33.2 Å². The molecule has 1 aromatic heterocycles. The maximum Gasteiger partial charge on any atom is 0.322 e. The normalized spacial score (nSPS) is 23.3. The Hall–Kier alpha value is -3.60. The van der Waals surface area contributed by atoms with Gasteiger partial charge in [0.1, 0.15) is 12.2 Å². The Kier molecular flexibility index (Phi) is 8.99. The summed E-state index contributed by atoms with van der Waals surface area (Å²) >= 11 is 0. The van der Waals surface area contributed by atoms with Gasteiger partial charge in [-0.15, -0.1) is 4.98 Å². The third-order valence-electron chi connectivity index (χ3n) is 5.87. The van der Waals surface area contributed by atoms with Crippen LogP contribution in [0.5, 0.6) is 12.0 Å². The largest absolute Gasteiger partial charge is 0.467 e. The molecular weight excluding hydrogens is 478 g/mol. The molecule has 0 aliphatic carbocycles. The zero-order chi connectivity index (χ0) is 26.2. The van der Waals surface area contributed by atoms with E-state index >= 15 is 0 Å². The van der Waals surface area contributed by atoms with E-state index in [2.05, 4.69) is 15.0 Å². The van der Waals surface area contributed by atoms with Crippen LogP contribution in [0.4, 0.5) is 0 Å². The van der Waals surface area contributed by atoms with Crippen LogP contribution in [0.3, 0.4) is 0 Å². The number of carbonyl (C=O) groups is 1. The topological polar surface area (TPSA) is 111 Å². The van der Waals surface area contributed by atoms with Crippen LogP contribution in [-0.4, -0.2) is 59.6 Å². The van der Waals surface area contributed by atoms with Crippen LogP contribution in [0.1, 0.15) is 36.9 Å². The average Bonchev–Trinajstić information content (AvgIpc) is 2.92. The van der Waals surface area contributed by atoms with Crippen molar-refractivity contribution in [1.82, 2.24) is 15.0 Å². The first-order chi connectivity index (χ1) is 18.0. The second kappa shape index (κ2) is 12.6. The lowest BCUT2D eigenvalue weighted by molar-refractivity contribution is -0.258. The van der Waals surface area contributed by atoms with Gasteiger partial charge < -0.3 is 28.4 Å². The summed E-state index contributed by atoms with van der Waals surface area (Å²) in [4.78, 5) is 25.0. The molecule has 5 atom stereocenters. The highest BCUT2D eigenvalue weighted by molar-refractivity contribution is 5.66. The second-order valence-electron chi connectivity index (χ2n) is 8.53. The monoisotopic (exact) mass is 509 g/mol. The molecule has 1 aliphatic heterocycles. The number of methoxy groups -OCH3 is 2. The summed E-state index contributed by atoms with van der Waals surface area (Å²) in [6.07, 6.45) is -3.53. The second-order valence-corrected chi connectivity index (χ2v) is 8.53. The number of rotatable bonds is 10. The van der Waals surface area contributed by atoms with Crippen molar-refractivity contribution in [1.29, 1.82) is 0 Å². The van der Waals surface area contributed by atoms with Gasteiger partial charge in [0.25, 0.3) is 0 Å². The van der Waals surface area contributed by atoms with Crippen molar-refractivity contribution in [3.8, 4) is 12.0 Å². The molecule has 37 heavy (non-hydrogen) atoms.